The number of alkyl halides is 1. The normalized spacial score (nSPS) is 20.7. The van der Waals surface area contributed by atoms with Gasteiger partial charge in [-0.3, -0.25) is 0 Å². The molecule has 28 aromatic carbocycles. The smallest absolute Gasteiger partial charge is 0.336 e. The molecule has 79 heavy (non-hydrogen) atoms. The zero-order valence-electron chi connectivity index (χ0n) is 41.0. The Morgan fingerprint density at radius 1 is 0.316 bits per heavy atom. The first-order chi connectivity index (χ1) is 39.0. The number of esters is 2. The fourth-order valence-corrected chi connectivity index (χ4v) is 26.8. The fourth-order valence-electron chi connectivity index (χ4n) is 25.9. The maximum atomic E-state index is 16.6. The second-order valence-electron chi connectivity index (χ2n) is 27.2. The molecule has 0 saturated carbocycles. The molecule has 0 heterocycles. The van der Waals surface area contributed by atoms with E-state index < -0.39 is 27.1 Å². The summed E-state index contributed by atoms with van der Waals surface area (Å²) in [6, 6.07) is 11.5. The molecule has 4 nitrogen and oxygen atoms in total. The van der Waals surface area contributed by atoms with Crippen molar-refractivity contribution in [3.63, 3.8) is 0 Å². The van der Waals surface area contributed by atoms with Crippen molar-refractivity contribution in [2.45, 2.75) is 35.4 Å². The molecule has 2 unspecified atom stereocenters. The number of ether oxygens (including phenoxy) is 2. The van der Waals surface area contributed by atoms with Gasteiger partial charge in [-0.25, -0.2) is 9.59 Å². The van der Waals surface area contributed by atoms with Crippen LogP contribution in [0.4, 0.5) is 0 Å². The number of carbonyl (C=O) groups is 2. The third kappa shape index (κ3) is 1.91. The Kier molecular flexibility index (Phi) is 3.25. The zero-order chi connectivity index (χ0) is 48.8. The van der Waals surface area contributed by atoms with Crippen molar-refractivity contribution in [1.82, 2.24) is 0 Å². The van der Waals surface area contributed by atoms with Crippen molar-refractivity contribution in [2.24, 2.45) is 0 Å². The van der Waals surface area contributed by atoms with Crippen molar-refractivity contribution in [2.75, 3.05) is 13.2 Å². The van der Waals surface area contributed by atoms with Gasteiger partial charge in [0.25, 0.3) is 0 Å². The van der Waals surface area contributed by atoms with Crippen molar-refractivity contribution in [3.8, 4) is 0 Å². The summed E-state index contributed by atoms with van der Waals surface area (Å²) in [6.07, 6.45) is 0.774. The number of hydrogen-bond donors (Lipinski definition) is 0. The van der Waals surface area contributed by atoms with Crippen molar-refractivity contribution in [1.29, 1.82) is 0 Å². The molecule has 5 aliphatic carbocycles. The maximum absolute atomic E-state index is 16.6. The van der Waals surface area contributed by atoms with E-state index >= 15 is 9.59 Å². The highest BCUT2D eigenvalue weighted by Crippen LogP contribution is 2.85. The summed E-state index contributed by atoms with van der Waals surface area (Å²) in [5.74, 6) is -1.10. The molecule has 33 rings (SSSR count). The quantitative estimate of drug-likeness (QED) is 0.0691. The SMILES string of the molecule is CCOC(=O)C(Br)(C(=O)OCC)C12c3c4c5c6c7c8c9c%10c(c1c1c%11c2c2c%12c3c5c3c5c6c6c7c7c9c9c%13c%10c1c1c%10c%11c%11c2c2c%12c3c3c5c5c6c6c7c9c7c(c%131)c1c%10c%11c9c2c3c2c9c1c7c6c52)C48Cc1ccccc1. The average Bonchev–Trinajstić information content (AvgIpc) is 1.48. The zero-order valence-corrected chi connectivity index (χ0v) is 42.6. The Hall–Kier alpha value is -8.90. The lowest BCUT2D eigenvalue weighted by atomic mass is 9.49. The number of rotatable bonds is 7. The van der Waals surface area contributed by atoms with Crippen molar-refractivity contribution >= 4 is 308 Å². The highest BCUT2D eigenvalue weighted by Gasteiger charge is 2.76. The van der Waals surface area contributed by atoms with E-state index in [1.54, 1.807) is 64.6 Å². The van der Waals surface area contributed by atoms with E-state index in [9.17, 15) is 0 Å². The fraction of sp³-hybridized carbons (Fsp3) is 0.108. The molecular formula is C74H17BrO4. The number of carbonyl (C=O) groups excluding carboxylic acids is 2. The van der Waals surface area contributed by atoms with Gasteiger partial charge in [-0.2, -0.15) is 0 Å². The standard InChI is InChI=1S/C74H17BrO4/c1-3-78-70(76)74(75,71(77)79-4-2)73-65-57-48-41-28-21-15-14-16-12-13-17(15)26(28)32-30-19(13)22-18(12)29-31-25(16)27-20(14)23-24(21)35-42-34(23)43-40(27)47-45(31)49-36(29)38-33(22)39-37(30)50(46(32)48)61(65)63-52(39)51(38)62-60(49)64-56(47)53(43)58-55(42)59(54(57)44(35)41)68(73)66(58)72(64,67(62)69(63)73)10-11-8-6-5-7-9-11/h5-9H,3-4,10H2,1-2H3. The molecular weight excluding hydrogens is 1030 g/mol. The van der Waals surface area contributed by atoms with E-state index in [2.05, 4.69) is 46.3 Å². The van der Waals surface area contributed by atoms with Crippen molar-refractivity contribution < 1.29 is 19.1 Å². The Balaban J connectivity index is 1.12. The van der Waals surface area contributed by atoms with Crippen LogP contribution in [-0.2, 0) is 36.3 Å². The molecule has 344 valence electrons. The Labute approximate surface area is 442 Å². The van der Waals surface area contributed by atoms with Crippen LogP contribution in [0.15, 0.2) is 30.3 Å². The summed E-state index contributed by atoms with van der Waals surface area (Å²) in [6.45, 7) is 4.06. The molecule has 0 fully saturated rings. The summed E-state index contributed by atoms with van der Waals surface area (Å²) >= 11 is 4.49. The van der Waals surface area contributed by atoms with Gasteiger partial charge < -0.3 is 9.47 Å². The van der Waals surface area contributed by atoms with E-state index in [0.717, 1.165) is 6.42 Å². The molecule has 2 atom stereocenters. The molecule has 0 amide bonds. The van der Waals surface area contributed by atoms with Gasteiger partial charge in [-0.05, 0) is 339 Å². The van der Waals surface area contributed by atoms with E-state index in [4.69, 9.17) is 9.47 Å². The lowest BCUT2D eigenvalue weighted by Gasteiger charge is -2.53. The van der Waals surface area contributed by atoms with E-state index in [1.807, 2.05) is 13.8 Å². The first-order valence-electron chi connectivity index (χ1n) is 28.9. The van der Waals surface area contributed by atoms with E-state index in [0.29, 0.717) is 0 Å². The topological polar surface area (TPSA) is 52.6 Å². The molecule has 0 radical (unpaired) electrons. The molecule has 28 aromatic rings. The number of halogens is 1. The van der Waals surface area contributed by atoms with Crippen LogP contribution in [-0.4, -0.2) is 29.5 Å². The Bertz CT molecular complexity index is 7780. The van der Waals surface area contributed by atoms with Crippen LogP contribution in [0.2, 0.25) is 0 Å². The summed E-state index contributed by atoms with van der Waals surface area (Å²) in [5, 5.41) is 76.7. The molecule has 5 aliphatic rings. The molecule has 5 heteroatoms. The first-order valence-corrected chi connectivity index (χ1v) is 29.7. The van der Waals surface area contributed by atoms with Gasteiger partial charge in [-0.1, -0.05) is 46.3 Å². The van der Waals surface area contributed by atoms with Gasteiger partial charge in [-0.15, -0.1) is 0 Å². The molecule has 0 bridgehead atoms. The van der Waals surface area contributed by atoms with Gasteiger partial charge in [0.2, 0.25) is 4.32 Å². The van der Waals surface area contributed by atoms with Crippen LogP contribution in [0.1, 0.15) is 52.8 Å². The van der Waals surface area contributed by atoms with E-state index in [1.165, 1.54) is 254 Å². The maximum Gasteiger partial charge on any atom is 0.336 e. The summed E-state index contributed by atoms with van der Waals surface area (Å²) in [4.78, 5) is 33.1. The van der Waals surface area contributed by atoms with Gasteiger partial charge in [0.05, 0.1) is 24.0 Å². The van der Waals surface area contributed by atoms with Crippen LogP contribution in [0.5, 0.6) is 0 Å². The first kappa shape index (κ1) is 32.7. The highest BCUT2D eigenvalue weighted by molar-refractivity contribution is 9.10. The minimum atomic E-state index is -2.00. The Morgan fingerprint density at radius 2 is 0.532 bits per heavy atom. The monoisotopic (exact) mass is 1050 g/mol. The molecule has 0 saturated heterocycles. The van der Waals surface area contributed by atoms with Gasteiger partial charge in [0.1, 0.15) is 0 Å². The summed E-state index contributed by atoms with van der Waals surface area (Å²) in [5.41, 5.74) is 7.09. The van der Waals surface area contributed by atoms with Crippen LogP contribution in [0, 0.1) is 0 Å². The van der Waals surface area contributed by atoms with Crippen LogP contribution in [0.25, 0.3) is 280 Å². The minimum absolute atomic E-state index is 0.133. The Morgan fingerprint density at radius 3 is 0.848 bits per heavy atom. The summed E-state index contributed by atoms with van der Waals surface area (Å²) in [7, 11) is 0. The lowest BCUT2D eigenvalue weighted by Crippen LogP contribution is -2.62. The van der Waals surface area contributed by atoms with Crippen LogP contribution < -0.4 is 0 Å². The number of hydrogen-bond acceptors (Lipinski definition) is 4. The van der Waals surface area contributed by atoms with Gasteiger partial charge in [0.15, 0.2) is 0 Å². The average molecular weight is 1050 g/mol. The molecule has 0 aromatic heterocycles. The van der Waals surface area contributed by atoms with E-state index in [-0.39, 0.29) is 13.2 Å². The molecule has 0 N–H and O–H groups in total. The second kappa shape index (κ2) is 7.85. The largest absolute Gasteiger partial charge is 0.464 e. The predicted molar refractivity (Wildman–Crippen MR) is 327 cm³/mol. The van der Waals surface area contributed by atoms with Gasteiger partial charge >= 0.3 is 11.9 Å². The molecule has 0 spiro atoms. The minimum Gasteiger partial charge on any atom is -0.464 e. The van der Waals surface area contributed by atoms with Crippen molar-refractivity contribution in [3.05, 3.63) is 69.3 Å². The number of benzene rings is 18. The third-order valence-electron chi connectivity index (χ3n) is 26.3. The summed E-state index contributed by atoms with van der Waals surface area (Å²) < 4.78 is 11.1. The molecule has 0 aliphatic heterocycles. The third-order valence-corrected chi connectivity index (χ3v) is 27.6. The van der Waals surface area contributed by atoms with Gasteiger partial charge in [0, 0.05) is 0 Å². The highest BCUT2D eigenvalue weighted by atomic mass is 79.9. The second-order valence-corrected chi connectivity index (χ2v) is 28.4. The predicted octanol–water partition coefficient (Wildman–Crippen LogP) is 18.5. The van der Waals surface area contributed by atoms with Crippen LogP contribution in [0.3, 0.4) is 0 Å². The van der Waals surface area contributed by atoms with Crippen LogP contribution >= 0.6 is 15.9 Å². The lowest BCUT2D eigenvalue weighted by molar-refractivity contribution is -0.160.